The molecule has 2 radical (unpaired) electrons. The van der Waals surface area contributed by atoms with Gasteiger partial charge in [0.1, 0.15) is 0 Å². The van der Waals surface area contributed by atoms with Gasteiger partial charge in [0.2, 0.25) is 0 Å². The molecule has 24 heavy (non-hydrogen) atoms. The van der Waals surface area contributed by atoms with Crippen molar-refractivity contribution in [1.29, 1.82) is 0 Å². The lowest BCUT2D eigenvalue weighted by Gasteiger charge is -2.25. The van der Waals surface area contributed by atoms with Gasteiger partial charge in [0, 0.05) is 13.1 Å². The molecule has 0 unspecified atom stereocenters. The van der Waals surface area contributed by atoms with Crippen LogP contribution in [0.1, 0.15) is 11.1 Å². The molecule has 1 aromatic rings. The zero-order valence-electron chi connectivity index (χ0n) is 12.7. The molecule has 124 valence electrons. The summed E-state index contributed by atoms with van der Waals surface area (Å²) in [5.41, 5.74) is 1.55. The highest BCUT2D eigenvalue weighted by Crippen LogP contribution is 2.12. The SMILES string of the molecule is O=C1CN(Cc2[c][c]c(CN3CC(=O)OC(=O)C3)cc2)CC(=O)O1. The number of hydrogen-bond donors (Lipinski definition) is 0. The molecule has 2 fully saturated rings. The number of benzene rings is 1. The van der Waals surface area contributed by atoms with Crippen LogP contribution in [0.4, 0.5) is 0 Å². The summed E-state index contributed by atoms with van der Waals surface area (Å²) in [4.78, 5) is 48.2. The number of carbonyl (C=O) groups excluding carboxylic acids is 4. The average Bonchev–Trinajstić information content (AvgIpc) is 2.47. The van der Waals surface area contributed by atoms with Crippen LogP contribution in [0.3, 0.4) is 0 Å². The molecule has 8 nitrogen and oxygen atoms in total. The molecule has 8 heteroatoms. The lowest BCUT2D eigenvalue weighted by Crippen LogP contribution is -2.42. The number of ether oxygens (including phenoxy) is 2. The van der Waals surface area contributed by atoms with Crippen molar-refractivity contribution in [3.05, 3.63) is 35.4 Å². The van der Waals surface area contributed by atoms with Gasteiger partial charge in [-0.2, -0.15) is 0 Å². The molecular formula is C16H14N2O6. The standard InChI is InChI=1S/C16H14N2O6/c19-13-7-17(8-14(20)23-13)5-11-1-2-12(4-3-11)6-18-9-15(21)24-16(22)10-18/h1-2H,5-10H2. The molecule has 2 aliphatic rings. The molecule has 0 atom stereocenters. The quantitative estimate of drug-likeness (QED) is 0.516. The van der Waals surface area contributed by atoms with Crippen LogP contribution < -0.4 is 0 Å². The molecule has 3 rings (SSSR count). The van der Waals surface area contributed by atoms with Gasteiger partial charge in [-0.25, -0.2) is 0 Å². The van der Waals surface area contributed by atoms with E-state index < -0.39 is 23.9 Å². The molecular weight excluding hydrogens is 316 g/mol. The Bertz CT molecular complexity index is 593. The third-order valence-electron chi connectivity index (χ3n) is 3.52. The van der Waals surface area contributed by atoms with Gasteiger partial charge >= 0.3 is 23.9 Å². The van der Waals surface area contributed by atoms with Crippen LogP contribution in [-0.2, 0) is 41.7 Å². The predicted octanol–water partition coefficient (Wildman–Crippen LogP) is -0.942. The first-order valence-electron chi connectivity index (χ1n) is 7.31. The maximum Gasteiger partial charge on any atom is 0.327 e. The lowest BCUT2D eigenvalue weighted by molar-refractivity contribution is -0.168. The van der Waals surface area contributed by atoms with E-state index in [1.165, 1.54) is 0 Å². The second-order valence-corrected chi connectivity index (χ2v) is 5.62. The molecule has 0 spiro atoms. The van der Waals surface area contributed by atoms with E-state index in [1.807, 2.05) is 0 Å². The minimum atomic E-state index is -0.562. The second kappa shape index (κ2) is 6.90. The molecule has 0 aromatic heterocycles. The topological polar surface area (TPSA) is 93.2 Å². The third-order valence-corrected chi connectivity index (χ3v) is 3.52. The van der Waals surface area contributed by atoms with Crippen molar-refractivity contribution < 1.29 is 28.7 Å². The summed E-state index contributed by atoms with van der Waals surface area (Å²) in [7, 11) is 0. The van der Waals surface area contributed by atoms with Gasteiger partial charge in [-0.05, 0) is 23.3 Å². The van der Waals surface area contributed by atoms with Crippen molar-refractivity contribution in [2.24, 2.45) is 0 Å². The second-order valence-electron chi connectivity index (χ2n) is 5.62. The predicted molar refractivity (Wildman–Crippen MR) is 76.9 cm³/mol. The van der Waals surface area contributed by atoms with E-state index in [9.17, 15) is 19.2 Å². The van der Waals surface area contributed by atoms with E-state index in [0.717, 1.165) is 11.1 Å². The van der Waals surface area contributed by atoms with Crippen LogP contribution in [0, 0.1) is 12.1 Å². The summed E-state index contributed by atoms with van der Waals surface area (Å²) in [5.74, 6) is -2.25. The fourth-order valence-corrected chi connectivity index (χ4v) is 2.56. The number of esters is 4. The van der Waals surface area contributed by atoms with E-state index in [-0.39, 0.29) is 26.2 Å². The summed E-state index contributed by atoms with van der Waals surface area (Å²) in [6.07, 6.45) is 0. The Balaban J connectivity index is 1.57. The number of cyclic esters (lactones) is 4. The maximum atomic E-state index is 11.2. The van der Waals surface area contributed by atoms with Gasteiger partial charge in [0.15, 0.2) is 0 Å². The molecule has 0 bridgehead atoms. The van der Waals surface area contributed by atoms with Crippen molar-refractivity contribution in [3.8, 4) is 0 Å². The summed E-state index contributed by atoms with van der Waals surface area (Å²) in [6, 6.07) is 9.55. The van der Waals surface area contributed by atoms with E-state index in [1.54, 1.807) is 21.9 Å². The Morgan fingerprint density at radius 1 is 0.708 bits per heavy atom. The fraction of sp³-hybridized carbons (Fsp3) is 0.375. The van der Waals surface area contributed by atoms with Gasteiger partial charge in [-0.1, -0.05) is 12.1 Å². The first-order chi connectivity index (χ1) is 11.5. The highest BCUT2D eigenvalue weighted by Gasteiger charge is 2.26. The van der Waals surface area contributed by atoms with Crippen molar-refractivity contribution in [2.75, 3.05) is 26.2 Å². The number of nitrogens with zero attached hydrogens (tertiary/aromatic N) is 2. The first kappa shape index (κ1) is 16.3. The summed E-state index contributed by atoms with van der Waals surface area (Å²) in [6.45, 7) is 0.982. The van der Waals surface area contributed by atoms with Crippen molar-refractivity contribution >= 4 is 23.9 Å². The first-order valence-corrected chi connectivity index (χ1v) is 7.31. The van der Waals surface area contributed by atoms with Gasteiger partial charge in [0.25, 0.3) is 0 Å². The van der Waals surface area contributed by atoms with E-state index in [2.05, 4.69) is 21.6 Å². The summed E-state index contributed by atoms with van der Waals surface area (Å²) < 4.78 is 8.93. The number of rotatable bonds is 4. The highest BCUT2D eigenvalue weighted by molar-refractivity contribution is 5.90. The van der Waals surface area contributed by atoms with Crippen LogP contribution >= 0.6 is 0 Å². The van der Waals surface area contributed by atoms with Crippen molar-refractivity contribution in [2.45, 2.75) is 13.1 Å². The zero-order valence-corrected chi connectivity index (χ0v) is 12.7. The van der Waals surface area contributed by atoms with Crippen molar-refractivity contribution in [1.82, 2.24) is 9.80 Å². The molecule has 0 aliphatic carbocycles. The lowest BCUT2D eigenvalue weighted by atomic mass is 10.1. The van der Waals surface area contributed by atoms with Crippen LogP contribution in [0.2, 0.25) is 0 Å². The third kappa shape index (κ3) is 4.24. The summed E-state index contributed by atoms with van der Waals surface area (Å²) in [5, 5.41) is 0. The number of carbonyl (C=O) groups is 4. The Hall–Kier alpha value is -2.58. The molecule has 0 amide bonds. The zero-order chi connectivity index (χ0) is 17.1. The van der Waals surface area contributed by atoms with Gasteiger partial charge < -0.3 is 9.47 Å². The van der Waals surface area contributed by atoms with E-state index in [0.29, 0.717) is 13.1 Å². The molecule has 2 heterocycles. The monoisotopic (exact) mass is 330 g/mol. The summed E-state index contributed by atoms with van der Waals surface area (Å²) >= 11 is 0. The minimum absolute atomic E-state index is 0.0549. The molecule has 2 saturated heterocycles. The Morgan fingerprint density at radius 2 is 1.04 bits per heavy atom. The minimum Gasteiger partial charge on any atom is -0.391 e. The normalized spacial score (nSPS) is 20.0. The van der Waals surface area contributed by atoms with Gasteiger partial charge in [0.05, 0.1) is 26.2 Å². The molecule has 0 N–H and O–H groups in total. The van der Waals surface area contributed by atoms with Crippen LogP contribution in [0.15, 0.2) is 12.1 Å². The Morgan fingerprint density at radius 3 is 1.33 bits per heavy atom. The van der Waals surface area contributed by atoms with E-state index in [4.69, 9.17) is 0 Å². The van der Waals surface area contributed by atoms with Gasteiger partial charge in [-0.3, -0.25) is 29.0 Å². The highest BCUT2D eigenvalue weighted by atomic mass is 16.6. The van der Waals surface area contributed by atoms with Crippen LogP contribution in [0.25, 0.3) is 0 Å². The van der Waals surface area contributed by atoms with Crippen LogP contribution in [-0.4, -0.2) is 59.9 Å². The largest absolute Gasteiger partial charge is 0.391 e. The maximum absolute atomic E-state index is 11.2. The average molecular weight is 330 g/mol. The van der Waals surface area contributed by atoms with Crippen molar-refractivity contribution in [3.63, 3.8) is 0 Å². The van der Waals surface area contributed by atoms with E-state index >= 15 is 0 Å². The fourth-order valence-electron chi connectivity index (χ4n) is 2.56. The molecule has 2 aliphatic heterocycles. The van der Waals surface area contributed by atoms with Crippen LogP contribution in [0.5, 0.6) is 0 Å². The Labute approximate surface area is 137 Å². The Kier molecular flexibility index (Phi) is 4.68. The number of morpholine rings is 2. The molecule has 0 saturated carbocycles. The molecule has 1 aromatic carbocycles. The van der Waals surface area contributed by atoms with Gasteiger partial charge in [-0.15, -0.1) is 0 Å². The number of hydrogen-bond acceptors (Lipinski definition) is 8. The smallest absolute Gasteiger partial charge is 0.327 e.